The van der Waals surface area contributed by atoms with Crippen LogP contribution in [0.15, 0.2) is 29.8 Å². The Bertz CT molecular complexity index is 906. The van der Waals surface area contributed by atoms with Gasteiger partial charge in [-0.05, 0) is 50.8 Å². The van der Waals surface area contributed by atoms with Crippen molar-refractivity contribution in [2.24, 2.45) is 0 Å². The molecule has 2 fully saturated rings. The summed E-state index contributed by atoms with van der Waals surface area (Å²) in [6.07, 6.45) is 14.8. The minimum atomic E-state index is -2.89. The van der Waals surface area contributed by atoms with Crippen molar-refractivity contribution in [3.05, 3.63) is 45.9 Å². The lowest BCUT2D eigenvalue weighted by Crippen LogP contribution is -2.47. The quantitative estimate of drug-likeness (QED) is 0.443. The van der Waals surface area contributed by atoms with Gasteiger partial charge in [0.15, 0.2) is 5.75 Å². The van der Waals surface area contributed by atoms with Gasteiger partial charge in [0.2, 0.25) is 0 Å². The number of alkyl halides is 2. The van der Waals surface area contributed by atoms with Gasteiger partial charge < -0.3 is 14.8 Å². The van der Waals surface area contributed by atoms with Crippen molar-refractivity contribution in [2.45, 2.75) is 69.1 Å². The molecule has 2 aliphatic rings. The second-order valence-electron chi connectivity index (χ2n) is 8.51. The molecule has 31 heavy (non-hydrogen) atoms. The Hall–Kier alpha value is -2.01. The van der Waals surface area contributed by atoms with E-state index in [1.54, 1.807) is 5.38 Å². The van der Waals surface area contributed by atoms with Crippen molar-refractivity contribution >= 4 is 11.3 Å². The largest absolute Gasteiger partial charge is 0.432 e. The second-order valence-corrected chi connectivity index (χ2v) is 9.48. The van der Waals surface area contributed by atoms with Crippen LogP contribution in [-0.2, 0) is 16.7 Å². The first-order valence-corrected chi connectivity index (χ1v) is 11.7. The molecule has 166 valence electrons. The molecular weight excluding hydrogens is 418 g/mol. The van der Waals surface area contributed by atoms with Crippen LogP contribution in [0.4, 0.5) is 8.78 Å². The highest BCUT2D eigenvalue weighted by Crippen LogP contribution is 2.49. The van der Waals surface area contributed by atoms with Gasteiger partial charge in [-0.25, -0.2) is 0 Å². The number of hydrogen-bond acceptors (Lipinski definition) is 5. The fourth-order valence-corrected chi connectivity index (χ4v) is 6.04. The number of thiophene rings is 1. The van der Waals surface area contributed by atoms with Crippen LogP contribution >= 0.6 is 11.3 Å². The van der Waals surface area contributed by atoms with E-state index >= 15 is 0 Å². The molecule has 1 N–H and O–H groups in total. The van der Waals surface area contributed by atoms with E-state index in [0.717, 1.165) is 50.9 Å². The standard InChI is InChI=1S/C24H28F2N2O2S/c1-2-18-16-31-19(21(18)30-22(25)26)15-27-13-10-23(20-7-3-6-12-28-20)11-14-29-24(17-23)8-4-5-9-24/h1,3,6-7,12,16,22,27H,4-5,8-11,13-15,17H2/t23-/m1/s1. The Kier molecular flexibility index (Phi) is 6.90. The van der Waals surface area contributed by atoms with Crippen molar-refractivity contribution in [3.63, 3.8) is 0 Å². The van der Waals surface area contributed by atoms with E-state index < -0.39 is 6.61 Å². The predicted octanol–water partition coefficient (Wildman–Crippen LogP) is 5.27. The third kappa shape index (κ3) is 4.92. The SMILES string of the molecule is C#Cc1csc(CNCC[C@@]2(c3ccccn3)CCOC3(CCCC3)C2)c1OC(F)F. The van der Waals surface area contributed by atoms with E-state index in [9.17, 15) is 8.78 Å². The average Bonchev–Trinajstić information content (AvgIpc) is 3.38. The molecule has 0 bridgehead atoms. The number of pyridine rings is 1. The van der Waals surface area contributed by atoms with Crippen molar-refractivity contribution < 1.29 is 18.3 Å². The number of hydrogen-bond donors (Lipinski definition) is 1. The lowest BCUT2D eigenvalue weighted by molar-refractivity contribution is -0.104. The molecule has 1 saturated heterocycles. The Labute approximate surface area is 186 Å². The summed E-state index contributed by atoms with van der Waals surface area (Å²) in [5.74, 6) is 2.54. The van der Waals surface area contributed by atoms with Crippen LogP contribution < -0.4 is 10.1 Å². The second kappa shape index (κ2) is 9.64. The fraction of sp³-hybridized carbons (Fsp3) is 0.542. The van der Waals surface area contributed by atoms with E-state index in [-0.39, 0.29) is 16.8 Å². The highest BCUT2D eigenvalue weighted by atomic mass is 32.1. The van der Waals surface area contributed by atoms with E-state index in [4.69, 9.17) is 16.1 Å². The zero-order valence-corrected chi connectivity index (χ0v) is 18.4. The van der Waals surface area contributed by atoms with Crippen LogP contribution in [0.3, 0.4) is 0 Å². The highest BCUT2D eigenvalue weighted by Gasteiger charge is 2.48. The maximum atomic E-state index is 12.8. The molecular formula is C24H28F2N2O2S. The van der Waals surface area contributed by atoms with Gasteiger partial charge in [-0.3, -0.25) is 4.98 Å². The first kappa shape index (κ1) is 22.2. The number of terminal acetylenes is 1. The summed E-state index contributed by atoms with van der Waals surface area (Å²) in [7, 11) is 0. The molecule has 2 aromatic rings. The summed E-state index contributed by atoms with van der Waals surface area (Å²) in [4.78, 5) is 5.41. The fourth-order valence-electron chi connectivity index (χ4n) is 5.15. The zero-order valence-electron chi connectivity index (χ0n) is 17.5. The van der Waals surface area contributed by atoms with Gasteiger partial charge in [0, 0.05) is 35.8 Å². The molecule has 1 saturated carbocycles. The lowest BCUT2D eigenvalue weighted by atomic mass is 9.68. The Morgan fingerprint density at radius 3 is 2.84 bits per heavy atom. The Morgan fingerprint density at radius 1 is 1.29 bits per heavy atom. The molecule has 1 spiro atoms. The van der Waals surface area contributed by atoms with E-state index in [1.807, 2.05) is 12.3 Å². The number of aromatic nitrogens is 1. The molecule has 1 aliphatic carbocycles. The van der Waals surface area contributed by atoms with Gasteiger partial charge in [0.1, 0.15) is 0 Å². The minimum Gasteiger partial charge on any atom is -0.432 e. The molecule has 1 atom stereocenters. The molecule has 3 heterocycles. The van der Waals surface area contributed by atoms with Crippen LogP contribution in [0.25, 0.3) is 0 Å². The smallest absolute Gasteiger partial charge is 0.387 e. The van der Waals surface area contributed by atoms with Crippen molar-refractivity contribution in [1.82, 2.24) is 10.3 Å². The van der Waals surface area contributed by atoms with Gasteiger partial charge in [-0.15, -0.1) is 17.8 Å². The summed E-state index contributed by atoms with van der Waals surface area (Å²) in [5, 5.41) is 5.11. The van der Waals surface area contributed by atoms with Crippen molar-refractivity contribution in [1.29, 1.82) is 0 Å². The minimum absolute atomic E-state index is 0.0243. The van der Waals surface area contributed by atoms with Gasteiger partial charge in [0.25, 0.3) is 0 Å². The third-order valence-electron chi connectivity index (χ3n) is 6.62. The highest BCUT2D eigenvalue weighted by molar-refractivity contribution is 7.10. The van der Waals surface area contributed by atoms with Crippen LogP contribution in [0.5, 0.6) is 5.75 Å². The molecule has 4 nitrogen and oxygen atoms in total. The van der Waals surface area contributed by atoms with Crippen LogP contribution in [-0.4, -0.2) is 30.3 Å². The number of ether oxygens (including phenoxy) is 2. The number of nitrogens with zero attached hydrogens (tertiary/aromatic N) is 1. The van der Waals surface area contributed by atoms with Crippen molar-refractivity contribution in [2.75, 3.05) is 13.2 Å². The van der Waals surface area contributed by atoms with Gasteiger partial charge in [-0.2, -0.15) is 8.78 Å². The zero-order chi connectivity index (χ0) is 21.7. The summed E-state index contributed by atoms with van der Waals surface area (Å²) in [5.41, 5.74) is 1.43. The van der Waals surface area contributed by atoms with Gasteiger partial charge in [-0.1, -0.05) is 24.8 Å². The molecule has 0 unspecified atom stereocenters. The number of nitrogens with one attached hydrogen (secondary N) is 1. The van der Waals surface area contributed by atoms with E-state index in [2.05, 4.69) is 28.1 Å². The van der Waals surface area contributed by atoms with Crippen molar-refractivity contribution in [3.8, 4) is 18.1 Å². The summed E-state index contributed by atoms with van der Waals surface area (Å²) in [6, 6.07) is 6.13. The molecule has 0 amide bonds. The average molecular weight is 447 g/mol. The number of rotatable bonds is 8. The van der Waals surface area contributed by atoms with Gasteiger partial charge in [0.05, 0.1) is 16.0 Å². The first-order chi connectivity index (χ1) is 15.1. The van der Waals surface area contributed by atoms with Crippen LogP contribution in [0.2, 0.25) is 0 Å². The maximum Gasteiger partial charge on any atom is 0.387 e. The summed E-state index contributed by atoms with van der Waals surface area (Å²) < 4.78 is 36.5. The molecule has 0 aromatic carbocycles. The van der Waals surface area contributed by atoms with E-state index in [1.165, 1.54) is 24.2 Å². The maximum absolute atomic E-state index is 12.8. The lowest BCUT2D eigenvalue weighted by Gasteiger charge is -2.46. The number of halogens is 2. The molecule has 2 aromatic heterocycles. The first-order valence-electron chi connectivity index (χ1n) is 10.8. The van der Waals surface area contributed by atoms with Crippen LogP contribution in [0, 0.1) is 12.3 Å². The third-order valence-corrected chi connectivity index (χ3v) is 7.59. The monoisotopic (exact) mass is 446 g/mol. The summed E-state index contributed by atoms with van der Waals surface area (Å²) >= 11 is 1.34. The Balaban J connectivity index is 1.45. The Morgan fingerprint density at radius 2 is 2.13 bits per heavy atom. The molecule has 0 radical (unpaired) electrons. The van der Waals surface area contributed by atoms with E-state index in [0.29, 0.717) is 17.0 Å². The van der Waals surface area contributed by atoms with Crippen LogP contribution in [0.1, 0.15) is 61.1 Å². The molecule has 1 aliphatic heterocycles. The summed E-state index contributed by atoms with van der Waals surface area (Å²) in [6.45, 7) is -0.963. The predicted molar refractivity (Wildman–Crippen MR) is 118 cm³/mol. The molecule has 4 rings (SSSR count). The van der Waals surface area contributed by atoms with Gasteiger partial charge >= 0.3 is 6.61 Å². The normalized spacial score (nSPS) is 22.6. The topological polar surface area (TPSA) is 43.4 Å². The molecule has 7 heteroatoms.